The van der Waals surface area contributed by atoms with Crippen LogP contribution in [-0.2, 0) is 4.79 Å². The smallest absolute Gasteiger partial charge is 0.256 e. The van der Waals surface area contributed by atoms with Crippen LogP contribution in [0.15, 0.2) is 72.9 Å². The summed E-state index contributed by atoms with van der Waals surface area (Å²) in [4.78, 5) is 12.3. The van der Waals surface area contributed by atoms with E-state index < -0.39 is 0 Å². The Bertz CT molecular complexity index is 1290. The summed E-state index contributed by atoms with van der Waals surface area (Å²) in [5.41, 5.74) is 4.91. The molecule has 1 amide bonds. The SMILES string of the molecule is O=C1Nc2ccc(F)cc2C1=Cc1ccc(-c2cn(-c3ccc(Cl)cc3)nn2)cc1. The van der Waals surface area contributed by atoms with Gasteiger partial charge in [0.25, 0.3) is 5.91 Å². The number of carbonyl (C=O) groups is 1. The lowest BCUT2D eigenvalue weighted by atomic mass is 10.0. The number of nitrogens with one attached hydrogen (secondary N) is 1. The first-order valence-corrected chi connectivity index (χ1v) is 9.56. The minimum Gasteiger partial charge on any atom is -0.321 e. The van der Waals surface area contributed by atoms with Crippen molar-refractivity contribution in [3.8, 4) is 16.9 Å². The Kier molecular flexibility index (Phi) is 4.41. The predicted molar refractivity (Wildman–Crippen MR) is 115 cm³/mol. The van der Waals surface area contributed by atoms with E-state index in [-0.39, 0.29) is 11.7 Å². The highest BCUT2D eigenvalue weighted by molar-refractivity contribution is 6.34. The second kappa shape index (κ2) is 7.24. The van der Waals surface area contributed by atoms with Crippen LogP contribution in [-0.4, -0.2) is 20.9 Å². The fourth-order valence-electron chi connectivity index (χ4n) is 3.34. The number of halogens is 2. The van der Waals surface area contributed by atoms with Gasteiger partial charge in [0, 0.05) is 27.4 Å². The lowest BCUT2D eigenvalue weighted by Crippen LogP contribution is -2.03. The number of benzene rings is 3. The molecular formula is C23H14ClFN4O. The van der Waals surface area contributed by atoms with Gasteiger partial charge in [0.15, 0.2) is 0 Å². The number of aromatic nitrogens is 3. The number of fused-ring (bicyclic) bond motifs is 1. The highest BCUT2D eigenvalue weighted by atomic mass is 35.5. The fraction of sp³-hybridized carbons (Fsp3) is 0. The van der Waals surface area contributed by atoms with Crippen molar-refractivity contribution in [2.75, 3.05) is 5.32 Å². The number of hydrogen-bond donors (Lipinski definition) is 1. The van der Waals surface area contributed by atoms with Gasteiger partial charge in [0.05, 0.1) is 11.9 Å². The quantitative estimate of drug-likeness (QED) is 0.466. The van der Waals surface area contributed by atoms with E-state index in [0.717, 1.165) is 22.5 Å². The van der Waals surface area contributed by atoms with Crippen molar-refractivity contribution in [3.63, 3.8) is 0 Å². The van der Waals surface area contributed by atoms with Crippen LogP contribution in [0.4, 0.5) is 10.1 Å². The minimum atomic E-state index is -0.379. The Hall–Kier alpha value is -3.77. The van der Waals surface area contributed by atoms with Crippen LogP contribution < -0.4 is 5.32 Å². The van der Waals surface area contributed by atoms with Gasteiger partial charge in [-0.1, -0.05) is 41.1 Å². The third kappa shape index (κ3) is 3.38. The Morgan fingerprint density at radius 3 is 2.53 bits per heavy atom. The third-order valence-corrected chi connectivity index (χ3v) is 5.12. The molecule has 1 aliphatic rings. The lowest BCUT2D eigenvalue weighted by molar-refractivity contribution is -0.110. The number of amides is 1. The molecule has 146 valence electrons. The maximum Gasteiger partial charge on any atom is 0.256 e. The number of rotatable bonds is 3. The standard InChI is InChI=1S/C23H14ClFN4O/c24-16-5-8-18(9-6-16)29-13-22(27-28-29)15-3-1-14(2-4-15)11-20-19-12-17(25)7-10-21(19)26-23(20)30/h1-13H,(H,26,30). The van der Waals surface area contributed by atoms with Gasteiger partial charge in [-0.25, -0.2) is 9.07 Å². The monoisotopic (exact) mass is 416 g/mol. The van der Waals surface area contributed by atoms with Gasteiger partial charge in [-0.15, -0.1) is 5.10 Å². The second-order valence-corrected chi connectivity index (χ2v) is 7.29. The first-order chi connectivity index (χ1) is 14.6. The summed E-state index contributed by atoms with van der Waals surface area (Å²) in [6.07, 6.45) is 3.58. The van der Waals surface area contributed by atoms with Crippen LogP contribution in [0.5, 0.6) is 0 Å². The highest BCUT2D eigenvalue weighted by Gasteiger charge is 2.24. The van der Waals surface area contributed by atoms with Crippen molar-refractivity contribution in [3.05, 3.63) is 94.9 Å². The summed E-state index contributed by atoms with van der Waals surface area (Å²) in [6, 6.07) is 19.2. The molecule has 5 rings (SSSR count). The van der Waals surface area contributed by atoms with E-state index in [0.29, 0.717) is 21.8 Å². The molecule has 1 aliphatic heterocycles. The predicted octanol–water partition coefficient (Wildman–Crippen LogP) is 5.22. The first-order valence-electron chi connectivity index (χ1n) is 9.18. The molecule has 0 saturated heterocycles. The maximum atomic E-state index is 13.6. The molecule has 0 spiro atoms. The van der Waals surface area contributed by atoms with Gasteiger partial charge in [0.2, 0.25) is 0 Å². The molecule has 0 fully saturated rings. The summed E-state index contributed by atoms with van der Waals surface area (Å²) in [5, 5.41) is 11.8. The van der Waals surface area contributed by atoms with E-state index >= 15 is 0 Å². The number of carbonyl (C=O) groups excluding carboxylic acids is 1. The van der Waals surface area contributed by atoms with Gasteiger partial charge >= 0.3 is 0 Å². The van der Waals surface area contributed by atoms with Crippen molar-refractivity contribution in [1.29, 1.82) is 0 Å². The van der Waals surface area contributed by atoms with Gasteiger partial charge in [-0.3, -0.25) is 4.79 Å². The molecule has 0 saturated carbocycles. The van der Waals surface area contributed by atoms with Crippen molar-refractivity contribution in [2.45, 2.75) is 0 Å². The van der Waals surface area contributed by atoms with Crippen molar-refractivity contribution in [1.82, 2.24) is 15.0 Å². The van der Waals surface area contributed by atoms with E-state index in [1.54, 1.807) is 29.0 Å². The molecule has 0 unspecified atom stereocenters. The van der Waals surface area contributed by atoms with Crippen LogP contribution in [0.2, 0.25) is 5.02 Å². The van der Waals surface area contributed by atoms with E-state index in [1.807, 2.05) is 42.6 Å². The fourth-order valence-corrected chi connectivity index (χ4v) is 3.46. The Balaban J connectivity index is 1.42. The number of nitrogens with zero attached hydrogens (tertiary/aromatic N) is 3. The Labute approximate surface area is 176 Å². The van der Waals surface area contributed by atoms with Crippen molar-refractivity contribution < 1.29 is 9.18 Å². The molecule has 30 heavy (non-hydrogen) atoms. The van der Waals surface area contributed by atoms with Crippen LogP contribution in [0.3, 0.4) is 0 Å². The number of anilines is 1. The molecule has 0 atom stereocenters. The van der Waals surface area contributed by atoms with E-state index in [9.17, 15) is 9.18 Å². The molecule has 3 aromatic carbocycles. The summed E-state index contributed by atoms with van der Waals surface area (Å²) < 4.78 is 15.3. The van der Waals surface area contributed by atoms with Crippen LogP contribution >= 0.6 is 11.6 Å². The molecule has 1 N–H and O–H groups in total. The van der Waals surface area contributed by atoms with E-state index in [2.05, 4.69) is 15.6 Å². The van der Waals surface area contributed by atoms with Crippen molar-refractivity contribution >= 4 is 34.8 Å². The normalized spacial score (nSPS) is 14.1. The molecule has 0 aliphatic carbocycles. The summed E-state index contributed by atoms with van der Waals surface area (Å²) in [6.45, 7) is 0. The zero-order chi connectivity index (χ0) is 20.7. The molecule has 5 nitrogen and oxygen atoms in total. The molecule has 0 radical (unpaired) electrons. The first kappa shape index (κ1) is 18.3. The van der Waals surface area contributed by atoms with Crippen molar-refractivity contribution in [2.24, 2.45) is 0 Å². The van der Waals surface area contributed by atoms with Gasteiger partial charge in [0.1, 0.15) is 11.5 Å². The van der Waals surface area contributed by atoms with E-state index in [1.165, 1.54) is 12.1 Å². The zero-order valence-corrected chi connectivity index (χ0v) is 16.3. The van der Waals surface area contributed by atoms with E-state index in [4.69, 9.17) is 11.6 Å². The molecular weight excluding hydrogens is 403 g/mol. The Morgan fingerprint density at radius 1 is 1.00 bits per heavy atom. The van der Waals surface area contributed by atoms with Crippen LogP contribution in [0.25, 0.3) is 28.6 Å². The second-order valence-electron chi connectivity index (χ2n) is 6.85. The summed E-state index contributed by atoms with van der Waals surface area (Å²) >= 11 is 5.93. The topological polar surface area (TPSA) is 59.8 Å². The molecule has 0 bridgehead atoms. The molecule has 1 aromatic heterocycles. The zero-order valence-electron chi connectivity index (χ0n) is 15.5. The summed E-state index contributed by atoms with van der Waals surface area (Å²) in [7, 11) is 0. The lowest BCUT2D eigenvalue weighted by Gasteiger charge is -2.01. The van der Waals surface area contributed by atoms with Gasteiger partial charge in [-0.05, 0) is 54.1 Å². The number of hydrogen-bond acceptors (Lipinski definition) is 3. The van der Waals surface area contributed by atoms with Gasteiger partial charge in [-0.2, -0.15) is 0 Å². The molecule has 7 heteroatoms. The average Bonchev–Trinajstić information content (AvgIpc) is 3.35. The Morgan fingerprint density at radius 2 is 1.77 bits per heavy atom. The third-order valence-electron chi connectivity index (χ3n) is 4.87. The van der Waals surface area contributed by atoms with Crippen LogP contribution in [0, 0.1) is 5.82 Å². The summed E-state index contributed by atoms with van der Waals surface area (Å²) in [5.74, 6) is -0.624. The maximum absolute atomic E-state index is 13.6. The van der Waals surface area contributed by atoms with Gasteiger partial charge < -0.3 is 5.32 Å². The van der Waals surface area contributed by atoms with Crippen LogP contribution in [0.1, 0.15) is 11.1 Å². The highest BCUT2D eigenvalue weighted by Crippen LogP contribution is 2.33. The molecule has 4 aromatic rings. The largest absolute Gasteiger partial charge is 0.321 e. The minimum absolute atomic E-state index is 0.245. The molecule has 2 heterocycles. The average molecular weight is 417 g/mol.